The van der Waals surface area contributed by atoms with Gasteiger partial charge in [0.15, 0.2) is 5.82 Å². The number of hydrogen-bond donors (Lipinski definition) is 2. The Morgan fingerprint density at radius 2 is 1.79 bits per heavy atom. The van der Waals surface area contributed by atoms with Gasteiger partial charge in [-0.2, -0.15) is 0 Å². The Kier molecular flexibility index (Phi) is 5.30. The fourth-order valence-electron chi connectivity index (χ4n) is 3.22. The monoisotopic (exact) mass is 400 g/mol. The fraction of sp³-hybridized carbons (Fsp3) is 0.125. The molecular formula is C24H20N2O2S. The summed E-state index contributed by atoms with van der Waals surface area (Å²) in [7, 11) is -0.993. The van der Waals surface area contributed by atoms with E-state index in [0.717, 1.165) is 38.2 Å². The first-order chi connectivity index (χ1) is 14.0. The second kappa shape index (κ2) is 8.04. The van der Waals surface area contributed by atoms with Crippen molar-refractivity contribution < 1.29 is 9.32 Å². The molecule has 0 fully saturated rings. The molecule has 0 spiro atoms. The van der Waals surface area contributed by atoms with Crippen molar-refractivity contribution in [3.8, 4) is 23.0 Å². The summed E-state index contributed by atoms with van der Waals surface area (Å²) in [5, 5.41) is 10.1. The number of aliphatic hydroxyl groups excluding tert-OH is 1. The average molecular weight is 401 g/mol. The minimum absolute atomic E-state index is 0.540. The lowest BCUT2D eigenvalue weighted by atomic mass is 9.96. The van der Waals surface area contributed by atoms with Gasteiger partial charge in [0.1, 0.15) is 0 Å². The van der Waals surface area contributed by atoms with Crippen LogP contribution in [0.4, 0.5) is 0 Å². The van der Waals surface area contributed by atoms with Crippen molar-refractivity contribution in [1.82, 2.24) is 9.97 Å². The largest absolute Gasteiger partial charge is 0.389 e. The number of rotatable bonds is 3. The minimum Gasteiger partial charge on any atom is -0.389 e. The van der Waals surface area contributed by atoms with Crippen molar-refractivity contribution in [2.45, 2.75) is 17.9 Å². The number of benzene rings is 3. The van der Waals surface area contributed by atoms with Crippen LogP contribution in [-0.4, -0.2) is 25.5 Å². The second-order valence-electron chi connectivity index (χ2n) is 6.81. The second-order valence-corrected chi connectivity index (χ2v) is 8.19. The smallest absolute Gasteiger partial charge is 0.184 e. The molecule has 1 aromatic heterocycles. The van der Waals surface area contributed by atoms with Crippen LogP contribution in [0.3, 0.4) is 0 Å². The van der Waals surface area contributed by atoms with E-state index >= 15 is 0 Å². The standard InChI is InChI=1S/C24H20N2O2S/c1-16(27)20-5-3-4-6-21(20)18-10-13-22-23(15-18)26-24(25-22)14-9-17-7-11-19(12-8-17)29(2)28/h3-8,10-13,15-16,27H,1-2H3,(H,25,26). The molecular weight excluding hydrogens is 380 g/mol. The summed E-state index contributed by atoms with van der Waals surface area (Å²) >= 11 is 0. The number of aromatic nitrogens is 2. The third-order valence-corrected chi connectivity index (χ3v) is 5.65. The molecule has 4 aromatic rings. The van der Waals surface area contributed by atoms with Gasteiger partial charge in [0.25, 0.3) is 0 Å². The molecule has 0 saturated carbocycles. The maximum absolute atomic E-state index is 11.5. The molecule has 3 aromatic carbocycles. The highest BCUT2D eigenvalue weighted by Gasteiger charge is 2.10. The average Bonchev–Trinajstić information content (AvgIpc) is 3.14. The van der Waals surface area contributed by atoms with Crippen molar-refractivity contribution >= 4 is 21.8 Å². The van der Waals surface area contributed by atoms with Crippen LogP contribution in [0.25, 0.3) is 22.2 Å². The van der Waals surface area contributed by atoms with E-state index in [1.807, 2.05) is 66.7 Å². The van der Waals surface area contributed by atoms with Crippen molar-refractivity contribution in [1.29, 1.82) is 0 Å². The Balaban J connectivity index is 1.66. The molecule has 2 unspecified atom stereocenters. The number of fused-ring (bicyclic) bond motifs is 1. The van der Waals surface area contributed by atoms with Gasteiger partial charge < -0.3 is 10.1 Å². The highest BCUT2D eigenvalue weighted by atomic mass is 32.2. The van der Waals surface area contributed by atoms with Gasteiger partial charge in [0.05, 0.1) is 17.1 Å². The van der Waals surface area contributed by atoms with E-state index in [4.69, 9.17) is 0 Å². The summed E-state index contributed by atoms with van der Waals surface area (Å²) in [6.45, 7) is 1.77. The minimum atomic E-state index is -0.993. The molecule has 0 aliphatic rings. The van der Waals surface area contributed by atoms with Crippen molar-refractivity contribution in [3.05, 3.63) is 83.7 Å². The SMILES string of the molecule is CC(O)c1ccccc1-c1ccc2nc(C#Cc3ccc(S(C)=O)cc3)[nH]c2c1. The molecule has 144 valence electrons. The number of H-pyrrole nitrogens is 1. The zero-order valence-corrected chi connectivity index (χ0v) is 17.0. The molecule has 29 heavy (non-hydrogen) atoms. The molecule has 4 rings (SSSR count). The highest BCUT2D eigenvalue weighted by Crippen LogP contribution is 2.29. The summed E-state index contributed by atoms with van der Waals surface area (Å²) < 4.78 is 11.5. The van der Waals surface area contributed by atoms with Gasteiger partial charge in [-0.1, -0.05) is 36.3 Å². The first-order valence-corrected chi connectivity index (χ1v) is 10.8. The fourth-order valence-corrected chi connectivity index (χ4v) is 3.74. The number of aliphatic hydroxyl groups is 1. The number of aromatic amines is 1. The van der Waals surface area contributed by atoms with Crippen molar-refractivity contribution in [2.24, 2.45) is 0 Å². The van der Waals surface area contributed by atoms with E-state index in [2.05, 4.69) is 21.8 Å². The highest BCUT2D eigenvalue weighted by molar-refractivity contribution is 7.84. The lowest BCUT2D eigenvalue weighted by Gasteiger charge is -2.11. The van der Waals surface area contributed by atoms with Crippen LogP contribution in [-0.2, 0) is 10.8 Å². The van der Waals surface area contributed by atoms with E-state index in [-0.39, 0.29) is 0 Å². The Bertz CT molecular complexity index is 1260. The molecule has 1 heterocycles. The van der Waals surface area contributed by atoms with Crippen LogP contribution in [0.1, 0.15) is 30.0 Å². The van der Waals surface area contributed by atoms with Crippen LogP contribution >= 0.6 is 0 Å². The molecule has 0 bridgehead atoms. The molecule has 5 heteroatoms. The number of imidazole rings is 1. The van der Waals surface area contributed by atoms with Crippen LogP contribution in [0.15, 0.2) is 71.6 Å². The summed E-state index contributed by atoms with van der Waals surface area (Å²) in [6.07, 6.45) is 1.12. The Morgan fingerprint density at radius 1 is 1.03 bits per heavy atom. The summed E-state index contributed by atoms with van der Waals surface area (Å²) in [4.78, 5) is 8.58. The number of hydrogen-bond acceptors (Lipinski definition) is 3. The van der Waals surface area contributed by atoms with Gasteiger partial charge in [0.2, 0.25) is 0 Å². The molecule has 0 aliphatic carbocycles. The van der Waals surface area contributed by atoms with Crippen molar-refractivity contribution in [3.63, 3.8) is 0 Å². The van der Waals surface area contributed by atoms with E-state index in [0.29, 0.717) is 5.82 Å². The summed E-state index contributed by atoms with van der Waals surface area (Å²) in [6, 6.07) is 21.2. The maximum atomic E-state index is 11.5. The Morgan fingerprint density at radius 3 is 2.52 bits per heavy atom. The molecule has 0 amide bonds. The quantitative estimate of drug-likeness (QED) is 0.500. The van der Waals surface area contributed by atoms with E-state index in [1.165, 1.54) is 0 Å². The van der Waals surface area contributed by atoms with Crippen LogP contribution in [0, 0.1) is 11.8 Å². The molecule has 0 radical (unpaired) electrons. The zero-order valence-electron chi connectivity index (χ0n) is 16.1. The van der Waals surface area contributed by atoms with Gasteiger partial charge in [-0.3, -0.25) is 4.21 Å². The van der Waals surface area contributed by atoms with Crippen molar-refractivity contribution in [2.75, 3.05) is 6.26 Å². The lowest BCUT2D eigenvalue weighted by molar-refractivity contribution is 0.200. The van der Waals surface area contributed by atoms with Crippen LogP contribution in [0.2, 0.25) is 0 Å². The summed E-state index contributed by atoms with van der Waals surface area (Å²) in [5.41, 5.74) is 5.47. The Labute approximate surface area is 172 Å². The molecule has 2 atom stereocenters. The first kappa shape index (κ1) is 19.1. The van der Waals surface area contributed by atoms with Gasteiger partial charge in [-0.15, -0.1) is 0 Å². The van der Waals surface area contributed by atoms with E-state index in [9.17, 15) is 9.32 Å². The van der Waals surface area contributed by atoms with Crippen LogP contribution < -0.4 is 0 Å². The first-order valence-electron chi connectivity index (χ1n) is 9.24. The van der Waals surface area contributed by atoms with E-state index in [1.54, 1.807) is 13.2 Å². The van der Waals surface area contributed by atoms with Gasteiger partial charge in [0, 0.05) is 27.5 Å². The van der Waals surface area contributed by atoms with Gasteiger partial charge in [-0.25, -0.2) is 4.98 Å². The number of nitrogens with one attached hydrogen (secondary N) is 1. The summed E-state index contributed by atoms with van der Waals surface area (Å²) in [5.74, 6) is 6.73. The third kappa shape index (κ3) is 4.14. The Hall–Kier alpha value is -3.20. The predicted molar refractivity (Wildman–Crippen MR) is 117 cm³/mol. The molecule has 0 aliphatic heterocycles. The third-order valence-electron chi connectivity index (χ3n) is 4.72. The van der Waals surface area contributed by atoms with E-state index < -0.39 is 16.9 Å². The van der Waals surface area contributed by atoms with Gasteiger partial charge >= 0.3 is 0 Å². The van der Waals surface area contributed by atoms with Crippen LogP contribution in [0.5, 0.6) is 0 Å². The number of nitrogens with zero attached hydrogens (tertiary/aromatic N) is 1. The molecule has 2 N–H and O–H groups in total. The van der Waals surface area contributed by atoms with Gasteiger partial charge in [-0.05, 0) is 65.9 Å². The molecule has 0 saturated heterocycles. The maximum Gasteiger partial charge on any atom is 0.184 e. The topological polar surface area (TPSA) is 66.0 Å². The molecule has 4 nitrogen and oxygen atoms in total. The normalized spacial score (nSPS) is 12.9. The lowest BCUT2D eigenvalue weighted by Crippen LogP contribution is -1.94. The zero-order chi connectivity index (χ0) is 20.4. The predicted octanol–water partition coefficient (Wildman–Crippen LogP) is 4.42.